The Labute approximate surface area is 163 Å². The van der Waals surface area contributed by atoms with Gasteiger partial charge in [-0.1, -0.05) is 12.1 Å². The molecule has 0 unspecified atom stereocenters. The summed E-state index contributed by atoms with van der Waals surface area (Å²) in [5, 5.41) is 13.0. The Morgan fingerprint density at radius 3 is 2.64 bits per heavy atom. The van der Waals surface area contributed by atoms with Gasteiger partial charge in [0, 0.05) is 18.8 Å². The third kappa shape index (κ3) is 4.65. The lowest BCUT2D eigenvalue weighted by Crippen LogP contribution is -2.00. The molecule has 0 aliphatic carbocycles. The first kappa shape index (κ1) is 18.9. The molecule has 0 N–H and O–H groups in total. The van der Waals surface area contributed by atoms with Crippen LogP contribution >= 0.6 is 0 Å². The van der Waals surface area contributed by atoms with E-state index in [4.69, 9.17) is 14.7 Å². The number of allylic oxidation sites excluding steroid dienone is 1. The van der Waals surface area contributed by atoms with E-state index in [1.165, 1.54) is 6.08 Å². The Balaban J connectivity index is 1.72. The van der Waals surface area contributed by atoms with Crippen molar-refractivity contribution in [2.24, 2.45) is 7.05 Å². The van der Waals surface area contributed by atoms with Crippen molar-refractivity contribution in [3.05, 3.63) is 83.2 Å². The number of ketones is 1. The fourth-order valence-electron chi connectivity index (χ4n) is 2.61. The number of benzene rings is 2. The SMILES string of the molecule is COc1ccc(/C=C/C(=O)c2ccn(C)n2)cc1COc1ccc(C#N)cc1. The highest BCUT2D eigenvalue weighted by atomic mass is 16.5. The van der Waals surface area contributed by atoms with E-state index in [0.29, 0.717) is 29.4 Å². The minimum Gasteiger partial charge on any atom is -0.496 e. The summed E-state index contributed by atoms with van der Waals surface area (Å²) in [5.41, 5.74) is 2.68. The molecule has 28 heavy (non-hydrogen) atoms. The van der Waals surface area contributed by atoms with E-state index >= 15 is 0 Å². The van der Waals surface area contributed by atoms with Crippen LogP contribution in [0.2, 0.25) is 0 Å². The first-order chi connectivity index (χ1) is 13.6. The first-order valence-corrected chi connectivity index (χ1v) is 8.61. The average Bonchev–Trinajstić information content (AvgIpc) is 3.17. The van der Waals surface area contributed by atoms with Gasteiger partial charge in [0.25, 0.3) is 0 Å². The Bertz CT molecular complexity index is 1040. The zero-order chi connectivity index (χ0) is 19.9. The number of carbonyl (C=O) groups excluding carboxylic acids is 1. The second-order valence-electron chi connectivity index (χ2n) is 6.07. The van der Waals surface area contributed by atoms with Crippen LogP contribution < -0.4 is 9.47 Å². The van der Waals surface area contributed by atoms with Crippen molar-refractivity contribution in [3.8, 4) is 17.6 Å². The van der Waals surface area contributed by atoms with Gasteiger partial charge in [0.2, 0.25) is 5.78 Å². The van der Waals surface area contributed by atoms with Gasteiger partial charge in [-0.3, -0.25) is 9.48 Å². The number of nitriles is 1. The molecule has 1 heterocycles. The average molecular weight is 373 g/mol. The maximum atomic E-state index is 12.2. The topological polar surface area (TPSA) is 77.1 Å². The van der Waals surface area contributed by atoms with Crippen molar-refractivity contribution >= 4 is 11.9 Å². The lowest BCUT2D eigenvalue weighted by molar-refractivity contribution is 0.104. The zero-order valence-corrected chi connectivity index (χ0v) is 15.6. The van der Waals surface area contributed by atoms with Gasteiger partial charge in [0.05, 0.1) is 18.7 Å². The molecule has 3 aromatic rings. The molecular formula is C22H19N3O3. The lowest BCUT2D eigenvalue weighted by Gasteiger charge is -2.11. The smallest absolute Gasteiger partial charge is 0.206 e. The Morgan fingerprint density at radius 2 is 2.00 bits per heavy atom. The Hall–Kier alpha value is -3.85. The molecule has 0 fully saturated rings. The summed E-state index contributed by atoms with van der Waals surface area (Å²) < 4.78 is 12.8. The second kappa shape index (κ2) is 8.69. The molecule has 0 radical (unpaired) electrons. The molecule has 1 aromatic heterocycles. The van der Waals surface area contributed by atoms with Crippen LogP contribution in [0.15, 0.2) is 60.8 Å². The molecule has 0 aliphatic rings. The van der Waals surface area contributed by atoms with E-state index < -0.39 is 0 Å². The molecule has 0 saturated heterocycles. The summed E-state index contributed by atoms with van der Waals surface area (Å²) in [6.45, 7) is 0.297. The number of nitrogens with zero attached hydrogens (tertiary/aromatic N) is 3. The van der Waals surface area contributed by atoms with Gasteiger partial charge in [0.1, 0.15) is 23.8 Å². The summed E-state index contributed by atoms with van der Waals surface area (Å²) in [5.74, 6) is 1.20. The third-order valence-electron chi connectivity index (χ3n) is 4.08. The van der Waals surface area contributed by atoms with Crippen molar-refractivity contribution in [2.45, 2.75) is 6.61 Å². The number of rotatable bonds is 7. The maximum absolute atomic E-state index is 12.2. The summed E-state index contributed by atoms with van der Waals surface area (Å²) in [7, 11) is 3.37. The molecule has 0 saturated carbocycles. The van der Waals surface area contributed by atoms with Gasteiger partial charge in [-0.25, -0.2) is 0 Å². The van der Waals surface area contributed by atoms with Crippen LogP contribution in [0, 0.1) is 11.3 Å². The summed E-state index contributed by atoms with van der Waals surface area (Å²) in [6, 6.07) is 16.3. The molecule has 0 amide bonds. The van der Waals surface area contributed by atoms with E-state index in [-0.39, 0.29) is 5.78 Å². The molecule has 2 aromatic carbocycles. The van der Waals surface area contributed by atoms with Gasteiger partial charge < -0.3 is 9.47 Å². The molecular weight excluding hydrogens is 354 g/mol. The largest absolute Gasteiger partial charge is 0.496 e. The fraction of sp³-hybridized carbons (Fsp3) is 0.136. The Morgan fingerprint density at radius 1 is 1.21 bits per heavy atom. The standard InChI is InChI=1S/C22H19N3O3/c1-25-12-11-20(24-25)21(26)9-5-16-6-10-22(27-2)18(13-16)15-28-19-7-3-17(14-23)4-8-19/h3-13H,15H2,1-2H3/b9-5+. The second-order valence-corrected chi connectivity index (χ2v) is 6.07. The van der Waals surface area contributed by atoms with E-state index in [0.717, 1.165) is 11.1 Å². The normalized spacial score (nSPS) is 10.6. The lowest BCUT2D eigenvalue weighted by atomic mass is 10.1. The predicted octanol–water partition coefficient (Wildman–Crippen LogP) is 3.78. The molecule has 6 nitrogen and oxygen atoms in total. The van der Waals surface area contributed by atoms with E-state index in [2.05, 4.69) is 11.2 Å². The number of aryl methyl sites for hydroxylation is 1. The van der Waals surface area contributed by atoms with Crippen LogP contribution in [0.3, 0.4) is 0 Å². The van der Waals surface area contributed by atoms with Crippen LogP contribution in [-0.4, -0.2) is 22.7 Å². The third-order valence-corrected chi connectivity index (χ3v) is 4.08. The molecule has 0 bridgehead atoms. The molecule has 0 aliphatic heterocycles. The van der Waals surface area contributed by atoms with Gasteiger partial charge in [-0.15, -0.1) is 0 Å². The summed E-state index contributed by atoms with van der Waals surface area (Å²) in [6.07, 6.45) is 4.96. The fourth-order valence-corrected chi connectivity index (χ4v) is 2.61. The molecule has 0 atom stereocenters. The quantitative estimate of drug-likeness (QED) is 0.465. The minimum absolute atomic E-state index is 0.160. The summed E-state index contributed by atoms with van der Waals surface area (Å²) in [4.78, 5) is 12.2. The molecule has 140 valence electrons. The number of aromatic nitrogens is 2. The molecule has 0 spiro atoms. The van der Waals surface area contributed by atoms with Crippen LogP contribution in [0.5, 0.6) is 11.5 Å². The number of methoxy groups -OCH3 is 1. The molecule has 3 rings (SSSR count). The van der Waals surface area contributed by atoms with Crippen molar-refractivity contribution in [3.63, 3.8) is 0 Å². The van der Waals surface area contributed by atoms with Crippen LogP contribution in [-0.2, 0) is 13.7 Å². The monoisotopic (exact) mass is 373 g/mol. The first-order valence-electron chi connectivity index (χ1n) is 8.61. The van der Waals surface area contributed by atoms with Crippen LogP contribution in [0.1, 0.15) is 27.2 Å². The highest BCUT2D eigenvalue weighted by Crippen LogP contribution is 2.23. The van der Waals surface area contributed by atoms with Crippen LogP contribution in [0.25, 0.3) is 6.08 Å². The number of ether oxygens (including phenoxy) is 2. The number of hydrogen-bond donors (Lipinski definition) is 0. The number of hydrogen-bond acceptors (Lipinski definition) is 5. The van der Waals surface area contributed by atoms with Crippen molar-refractivity contribution in [1.82, 2.24) is 9.78 Å². The van der Waals surface area contributed by atoms with Crippen LogP contribution in [0.4, 0.5) is 0 Å². The maximum Gasteiger partial charge on any atom is 0.206 e. The highest BCUT2D eigenvalue weighted by molar-refractivity contribution is 6.05. The predicted molar refractivity (Wildman–Crippen MR) is 105 cm³/mol. The van der Waals surface area contributed by atoms with Crippen molar-refractivity contribution < 1.29 is 14.3 Å². The van der Waals surface area contributed by atoms with Gasteiger partial charge >= 0.3 is 0 Å². The Kier molecular flexibility index (Phi) is 5.87. The van der Waals surface area contributed by atoms with Gasteiger partial charge in [-0.05, 0) is 54.1 Å². The van der Waals surface area contributed by atoms with E-state index in [1.54, 1.807) is 61.4 Å². The molecule has 6 heteroatoms. The highest BCUT2D eigenvalue weighted by Gasteiger charge is 2.07. The van der Waals surface area contributed by atoms with Crippen molar-refractivity contribution in [1.29, 1.82) is 5.26 Å². The van der Waals surface area contributed by atoms with Crippen molar-refractivity contribution in [2.75, 3.05) is 7.11 Å². The zero-order valence-electron chi connectivity index (χ0n) is 15.6. The van der Waals surface area contributed by atoms with E-state index in [1.807, 2.05) is 18.2 Å². The minimum atomic E-state index is -0.160. The summed E-state index contributed by atoms with van der Waals surface area (Å²) >= 11 is 0. The van der Waals surface area contributed by atoms with E-state index in [9.17, 15) is 4.79 Å². The van der Waals surface area contributed by atoms with Gasteiger partial charge in [-0.2, -0.15) is 10.4 Å². The number of carbonyl (C=O) groups is 1. The van der Waals surface area contributed by atoms with Gasteiger partial charge in [0.15, 0.2) is 0 Å².